The molecule has 2 aliphatic heterocycles. The Morgan fingerprint density at radius 2 is 1.10 bits per heavy atom. The fourth-order valence-electron chi connectivity index (χ4n) is 4.46. The van der Waals surface area contributed by atoms with Gasteiger partial charge in [-0.05, 0) is 37.8 Å². The summed E-state index contributed by atoms with van der Waals surface area (Å²) < 4.78 is 6.94. The van der Waals surface area contributed by atoms with Crippen LogP contribution in [-0.2, 0) is 19.1 Å². The third-order valence-corrected chi connectivity index (χ3v) is 9.07. The Labute approximate surface area is 311 Å². The number of imidazole rings is 2. The molecular weight excluding hydrogens is 689 g/mol. The number of nitrogens with zero attached hydrogens (tertiary/aromatic N) is 4. The maximum atomic E-state index is 11.3. The van der Waals surface area contributed by atoms with Crippen LogP contribution in [0.15, 0.2) is 37.2 Å². The molecule has 51 heavy (non-hydrogen) atoms. The van der Waals surface area contributed by atoms with E-state index in [1.165, 1.54) is 46.0 Å². The first-order valence-corrected chi connectivity index (χ1v) is 19.4. The highest BCUT2D eigenvalue weighted by Crippen LogP contribution is 2.40. The number of amides is 4. The number of thiophene rings is 2. The highest BCUT2D eigenvalue weighted by atomic mass is 32.1. The number of aromatic amines is 2. The molecule has 4 amide bonds. The average Bonchev–Trinajstić information content (AvgIpc) is 3.97. The van der Waals surface area contributed by atoms with Gasteiger partial charge in [0.1, 0.15) is 6.54 Å². The van der Waals surface area contributed by atoms with E-state index in [1.807, 2.05) is 26.2 Å². The van der Waals surface area contributed by atoms with Gasteiger partial charge >= 0.3 is 6.09 Å². The second-order valence-electron chi connectivity index (χ2n) is 11.2. The number of nitrogens with one attached hydrogen (secondary N) is 4. The van der Waals surface area contributed by atoms with E-state index in [4.69, 9.17) is 0 Å². The van der Waals surface area contributed by atoms with E-state index in [0.29, 0.717) is 0 Å². The van der Waals surface area contributed by atoms with E-state index in [2.05, 4.69) is 75.1 Å². The van der Waals surface area contributed by atoms with Crippen molar-refractivity contribution in [3.63, 3.8) is 0 Å². The summed E-state index contributed by atoms with van der Waals surface area (Å²) in [4.78, 5) is 64.1. The van der Waals surface area contributed by atoms with Gasteiger partial charge in [-0.15, -0.1) is 22.7 Å². The maximum absolute atomic E-state index is 11.3. The minimum absolute atomic E-state index is 0.0303. The lowest BCUT2D eigenvalue weighted by Gasteiger charge is -2.14. The summed E-state index contributed by atoms with van der Waals surface area (Å²) in [6, 6.07) is 4.41. The Balaban J connectivity index is 0.000000354. The van der Waals surface area contributed by atoms with Crippen molar-refractivity contribution in [2.75, 3.05) is 46.4 Å². The molecule has 0 bridgehead atoms. The van der Waals surface area contributed by atoms with E-state index in [0.717, 1.165) is 63.3 Å². The molecule has 4 N–H and O–H groups in total. The molecule has 0 aromatic carbocycles. The van der Waals surface area contributed by atoms with Crippen LogP contribution < -0.4 is 10.6 Å². The molecule has 0 atom stereocenters. The lowest BCUT2D eigenvalue weighted by molar-refractivity contribution is -0.131. The number of H-pyrrole nitrogens is 2. The van der Waals surface area contributed by atoms with Crippen molar-refractivity contribution in [1.82, 2.24) is 40.4 Å². The number of hydrogen-bond donors (Lipinski definition) is 4. The summed E-state index contributed by atoms with van der Waals surface area (Å²) in [5, 5.41) is 4.85. The summed E-state index contributed by atoms with van der Waals surface area (Å²) in [6.07, 6.45) is 13.4. The van der Waals surface area contributed by atoms with Gasteiger partial charge in [-0.2, -0.15) is 0 Å². The molecule has 284 valence electrons. The van der Waals surface area contributed by atoms with Crippen LogP contribution in [-0.4, -0.2) is 99.9 Å². The quantitative estimate of drug-likeness (QED) is 0.161. The van der Waals surface area contributed by atoms with Gasteiger partial charge in [0.05, 0.1) is 59.8 Å². The number of methoxy groups -OCH3 is 1. The summed E-state index contributed by atoms with van der Waals surface area (Å²) >= 11 is 3.56. The van der Waals surface area contributed by atoms with Crippen LogP contribution in [0, 0.1) is 0 Å². The number of likely N-dealkylation sites (tertiary alicyclic amines) is 2. The number of carbonyl (C=O) groups is 4. The van der Waals surface area contributed by atoms with Crippen LogP contribution in [0.25, 0.3) is 30.5 Å². The normalized spacial score (nSPS) is 12.6. The molecule has 0 aliphatic carbocycles. The number of hydrogen-bond acceptors (Lipinski definition) is 9. The number of rotatable bonds is 6. The molecular formula is C36H58N8O5S2. The second-order valence-corrected chi connectivity index (χ2v) is 13.4. The molecule has 0 unspecified atom stereocenters. The Morgan fingerprint density at radius 1 is 0.725 bits per heavy atom. The zero-order valence-electron chi connectivity index (χ0n) is 31.6. The standard InChI is InChI=1S/C12H8N4S2.C8H14N2O3.C8H14N2O2.2C3H8.C2H6/c1-9(7-3-13-5-15-7)17-12-2-10(18-11(1)12)8-4-14-6-16-8;1-13-8(12)9-6-7(11)10-4-2-3-5-10;1-7(11)9-6-8(12)10-4-2-3-5-10;2*1-3-2;1-2/h1-6H,(H,13,15)(H,14,16);2-6H2,1H3,(H,9,12);2-6H2,1H3,(H,9,11);2*3H2,1-2H3;1-2H3. The molecule has 0 radical (unpaired) electrons. The van der Waals surface area contributed by atoms with E-state index < -0.39 is 6.09 Å². The molecule has 2 saturated heterocycles. The van der Waals surface area contributed by atoms with Gasteiger partial charge in [0.25, 0.3) is 0 Å². The predicted molar refractivity (Wildman–Crippen MR) is 209 cm³/mol. The van der Waals surface area contributed by atoms with Crippen LogP contribution in [0.2, 0.25) is 0 Å². The van der Waals surface area contributed by atoms with Crippen molar-refractivity contribution < 1.29 is 23.9 Å². The van der Waals surface area contributed by atoms with Crippen LogP contribution in [0.3, 0.4) is 0 Å². The monoisotopic (exact) mass is 746 g/mol. The zero-order valence-corrected chi connectivity index (χ0v) is 33.2. The topological polar surface area (TPSA) is 165 Å². The number of carbonyl (C=O) groups excluding carboxylic acids is 4. The molecule has 0 spiro atoms. The van der Waals surface area contributed by atoms with Crippen molar-refractivity contribution in [2.45, 2.75) is 87.0 Å². The van der Waals surface area contributed by atoms with Gasteiger partial charge in [-0.25, -0.2) is 14.8 Å². The van der Waals surface area contributed by atoms with Crippen LogP contribution in [0.5, 0.6) is 0 Å². The smallest absolute Gasteiger partial charge is 0.407 e. The maximum Gasteiger partial charge on any atom is 0.407 e. The van der Waals surface area contributed by atoms with Gasteiger partial charge in [0.15, 0.2) is 0 Å². The predicted octanol–water partition coefficient (Wildman–Crippen LogP) is 7.31. The number of ether oxygens (including phenoxy) is 1. The van der Waals surface area contributed by atoms with Gasteiger partial charge in [-0.1, -0.05) is 54.4 Å². The first-order valence-electron chi connectivity index (χ1n) is 17.8. The zero-order chi connectivity index (χ0) is 38.0. The molecule has 13 nitrogen and oxygen atoms in total. The van der Waals surface area contributed by atoms with Crippen LogP contribution >= 0.6 is 22.7 Å². The highest BCUT2D eigenvalue weighted by Gasteiger charge is 2.18. The number of aromatic nitrogens is 4. The molecule has 6 heterocycles. The third kappa shape index (κ3) is 17.0. The Bertz CT molecular complexity index is 1410. The molecule has 2 aliphatic rings. The summed E-state index contributed by atoms with van der Waals surface area (Å²) in [5.41, 5.74) is 2.15. The van der Waals surface area contributed by atoms with Crippen molar-refractivity contribution in [3.8, 4) is 21.1 Å². The largest absolute Gasteiger partial charge is 0.453 e. The minimum Gasteiger partial charge on any atom is -0.453 e. The lowest BCUT2D eigenvalue weighted by atomic mass is 10.3. The molecule has 0 saturated carbocycles. The number of fused-ring (bicyclic) bond motifs is 1. The van der Waals surface area contributed by atoms with Gasteiger partial charge < -0.3 is 35.1 Å². The van der Waals surface area contributed by atoms with E-state index in [1.54, 1.807) is 45.1 Å². The molecule has 4 aromatic rings. The van der Waals surface area contributed by atoms with Gasteiger partial charge in [0.2, 0.25) is 17.7 Å². The minimum atomic E-state index is -0.562. The summed E-state index contributed by atoms with van der Waals surface area (Å²) in [5.74, 6) is -0.159. The summed E-state index contributed by atoms with van der Waals surface area (Å²) in [7, 11) is 1.27. The average molecular weight is 747 g/mol. The first kappa shape index (κ1) is 44.8. The Kier molecular flexibility index (Phi) is 23.3. The van der Waals surface area contributed by atoms with Crippen molar-refractivity contribution in [2.24, 2.45) is 0 Å². The molecule has 15 heteroatoms. The molecule has 6 rings (SSSR count). The van der Waals surface area contributed by atoms with Crippen molar-refractivity contribution >= 4 is 55.9 Å². The second kappa shape index (κ2) is 26.6. The third-order valence-electron chi connectivity index (χ3n) is 6.71. The Morgan fingerprint density at radius 3 is 1.41 bits per heavy atom. The van der Waals surface area contributed by atoms with E-state index in [-0.39, 0.29) is 30.8 Å². The Hall–Kier alpha value is -4.24. The van der Waals surface area contributed by atoms with E-state index >= 15 is 0 Å². The molecule has 4 aromatic heterocycles. The SMILES string of the molecule is CC.CC(=O)NCC(=O)N1CCCC1.CCC.CCC.COC(=O)NCC(=O)N1CCCC1.c1ncc(-c2cc3sc(-c4cnc[nH]4)cc3s2)[nH]1. The fourth-order valence-corrected chi connectivity index (χ4v) is 6.80. The lowest BCUT2D eigenvalue weighted by Crippen LogP contribution is -2.38. The first-order chi connectivity index (χ1) is 24.7. The van der Waals surface area contributed by atoms with Gasteiger partial charge in [-0.3, -0.25) is 14.4 Å². The number of alkyl carbamates (subject to hydrolysis) is 1. The van der Waals surface area contributed by atoms with Crippen molar-refractivity contribution in [1.29, 1.82) is 0 Å². The molecule has 2 fully saturated rings. The van der Waals surface area contributed by atoms with Crippen molar-refractivity contribution in [3.05, 3.63) is 37.2 Å². The summed E-state index contributed by atoms with van der Waals surface area (Å²) in [6.45, 7) is 17.4. The fraction of sp³-hybridized carbons (Fsp3) is 0.556. The van der Waals surface area contributed by atoms with Gasteiger partial charge in [0, 0.05) is 42.5 Å². The highest BCUT2D eigenvalue weighted by molar-refractivity contribution is 7.31. The van der Waals surface area contributed by atoms with E-state index in [9.17, 15) is 19.2 Å². The van der Waals surface area contributed by atoms with Crippen LogP contribution in [0.4, 0.5) is 4.79 Å². The van der Waals surface area contributed by atoms with Crippen LogP contribution in [0.1, 0.15) is 87.0 Å².